The Morgan fingerprint density at radius 2 is 1.92 bits per heavy atom. The molecule has 124 valence electrons. The number of thiophene rings is 1. The summed E-state index contributed by atoms with van der Waals surface area (Å²) in [5.74, 6) is -0.00332. The molecule has 1 aromatic carbocycles. The number of aryl methyl sites for hydroxylation is 2. The second kappa shape index (κ2) is 6.97. The average Bonchev–Trinajstić information content (AvgIpc) is 3.07. The summed E-state index contributed by atoms with van der Waals surface area (Å²) < 4.78 is 5.54. The number of nitrogens with one attached hydrogen (secondary N) is 1. The van der Waals surface area contributed by atoms with Crippen molar-refractivity contribution in [3.63, 3.8) is 0 Å². The fourth-order valence-electron chi connectivity index (χ4n) is 2.34. The van der Waals surface area contributed by atoms with Crippen LogP contribution in [-0.2, 0) is 6.54 Å². The molecule has 0 aliphatic heterocycles. The zero-order valence-corrected chi connectivity index (χ0v) is 14.7. The van der Waals surface area contributed by atoms with Gasteiger partial charge in [0, 0.05) is 4.88 Å². The van der Waals surface area contributed by atoms with E-state index in [0.29, 0.717) is 18.7 Å². The second-order valence-electron chi connectivity index (χ2n) is 5.50. The smallest absolute Gasteiger partial charge is 0.275 e. The SMILES string of the molecule is CCOc1nc2cc(C)c(C)cc2nc1C(=O)NCc1cccs1. The largest absolute Gasteiger partial charge is 0.476 e. The van der Waals surface area contributed by atoms with Crippen molar-refractivity contribution in [3.8, 4) is 5.88 Å². The van der Waals surface area contributed by atoms with Gasteiger partial charge in [0.15, 0.2) is 5.69 Å². The van der Waals surface area contributed by atoms with Gasteiger partial charge in [-0.1, -0.05) is 6.07 Å². The predicted molar refractivity (Wildman–Crippen MR) is 95.7 cm³/mol. The number of carbonyl (C=O) groups excluding carboxylic acids is 1. The monoisotopic (exact) mass is 341 g/mol. The lowest BCUT2D eigenvalue weighted by molar-refractivity contribution is 0.0941. The van der Waals surface area contributed by atoms with Gasteiger partial charge in [-0.3, -0.25) is 4.79 Å². The highest BCUT2D eigenvalue weighted by Crippen LogP contribution is 2.22. The molecule has 0 saturated carbocycles. The molecule has 1 amide bonds. The maximum absolute atomic E-state index is 12.5. The van der Waals surface area contributed by atoms with E-state index in [1.54, 1.807) is 11.3 Å². The van der Waals surface area contributed by atoms with Crippen molar-refractivity contribution in [1.29, 1.82) is 0 Å². The summed E-state index contributed by atoms with van der Waals surface area (Å²) in [5, 5.41) is 4.86. The Balaban J connectivity index is 1.95. The Morgan fingerprint density at radius 3 is 2.54 bits per heavy atom. The summed E-state index contributed by atoms with van der Waals surface area (Å²) in [4.78, 5) is 22.6. The van der Waals surface area contributed by atoms with Crippen LogP contribution in [0.15, 0.2) is 29.6 Å². The van der Waals surface area contributed by atoms with Crippen LogP contribution in [0.5, 0.6) is 5.88 Å². The Labute approximate surface area is 144 Å². The van der Waals surface area contributed by atoms with Gasteiger partial charge in [-0.05, 0) is 55.5 Å². The van der Waals surface area contributed by atoms with Gasteiger partial charge in [0.05, 0.1) is 24.2 Å². The van der Waals surface area contributed by atoms with Crippen LogP contribution in [0.25, 0.3) is 11.0 Å². The third-order valence-electron chi connectivity index (χ3n) is 3.75. The molecule has 0 aliphatic rings. The van der Waals surface area contributed by atoms with Gasteiger partial charge < -0.3 is 10.1 Å². The topological polar surface area (TPSA) is 64.1 Å². The first kappa shape index (κ1) is 16.4. The normalized spacial score (nSPS) is 10.8. The minimum Gasteiger partial charge on any atom is -0.476 e. The molecule has 24 heavy (non-hydrogen) atoms. The molecule has 2 aromatic heterocycles. The van der Waals surface area contributed by atoms with Crippen LogP contribution in [0.2, 0.25) is 0 Å². The van der Waals surface area contributed by atoms with Gasteiger partial charge in [0.1, 0.15) is 0 Å². The van der Waals surface area contributed by atoms with Crippen LogP contribution in [0, 0.1) is 13.8 Å². The van der Waals surface area contributed by atoms with E-state index in [9.17, 15) is 4.79 Å². The Morgan fingerprint density at radius 1 is 1.21 bits per heavy atom. The van der Waals surface area contributed by atoms with E-state index in [-0.39, 0.29) is 17.5 Å². The van der Waals surface area contributed by atoms with Gasteiger partial charge in [0.25, 0.3) is 5.91 Å². The zero-order chi connectivity index (χ0) is 17.1. The molecule has 0 fully saturated rings. The number of amides is 1. The third kappa shape index (κ3) is 3.38. The van der Waals surface area contributed by atoms with Gasteiger partial charge in [0.2, 0.25) is 5.88 Å². The van der Waals surface area contributed by atoms with E-state index < -0.39 is 0 Å². The fraction of sp³-hybridized carbons (Fsp3) is 0.278. The van der Waals surface area contributed by atoms with Crippen LogP contribution in [-0.4, -0.2) is 22.5 Å². The Kier molecular flexibility index (Phi) is 4.76. The summed E-state index contributed by atoms with van der Waals surface area (Å²) in [6.07, 6.45) is 0. The van der Waals surface area contributed by atoms with Crippen LogP contribution >= 0.6 is 11.3 Å². The number of ether oxygens (including phenoxy) is 1. The third-order valence-corrected chi connectivity index (χ3v) is 4.62. The van der Waals surface area contributed by atoms with E-state index in [1.807, 2.05) is 50.4 Å². The maximum atomic E-state index is 12.5. The summed E-state index contributed by atoms with van der Waals surface area (Å²) in [5.41, 5.74) is 3.91. The number of aromatic nitrogens is 2. The highest BCUT2D eigenvalue weighted by Gasteiger charge is 2.18. The van der Waals surface area contributed by atoms with E-state index in [1.165, 1.54) is 0 Å². The Hall–Kier alpha value is -2.47. The molecule has 0 saturated heterocycles. The number of fused-ring (bicyclic) bond motifs is 1. The molecule has 0 radical (unpaired) electrons. The molecular formula is C18H19N3O2S. The Bertz CT molecular complexity index is 876. The molecule has 6 heteroatoms. The fourth-order valence-corrected chi connectivity index (χ4v) is 2.99. The highest BCUT2D eigenvalue weighted by atomic mass is 32.1. The zero-order valence-electron chi connectivity index (χ0n) is 13.9. The van der Waals surface area contributed by atoms with Gasteiger partial charge in [-0.25, -0.2) is 9.97 Å². The van der Waals surface area contributed by atoms with Crippen molar-refractivity contribution in [2.75, 3.05) is 6.61 Å². The molecule has 0 aliphatic carbocycles. The first-order valence-electron chi connectivity index (χ1n) is 7.81. The van der Waals surface area contributed by atoms with Gasteiger partial charge in [-0.15, -0.1) is 11.3 Å². The van der Waals surface area contributed by atoms with Crippen molar-refractivity contribution in [2.45, 2.75) is 27.3 Å². The standard InChI is InChI=1S/C18H19N3O2S/c1-4-23-18-16(17(22)19-10-13-6-5-7-24-13)20-14-8-11(2)12(3)9-15(14)21-18/h5-9H,4,10H2,1-3H3,(H,19,22). The van der Waals surface area contributed by atoms with Crippen LogP contribution in [0.3, 0.4) is 0 Å². The van der Waals surface area contributed by atoms with Crippen molar-refractivity contribution >= 4 is 28.3 Å². The second-order valence-corrected chi connectivity index (χ2v) is 6.53. The van der Waals surface area contributed by atoms with E-state index in [0.717, 1.165) is 21.5 Å². The molecule has 3 rings (SSSR count). The summed E-state index contributed by atoms with van der Waals surface area (Å²) >= 11 is 1.60. The highest BCUT2D eigenvalue weighted by molar-refractivity contribution is 7.09. The lowest BCUT2D eigenvalue weighted by atomic mass is 10.1. The van der Waals surface area contributed by atoms with E-state index in [2.05, 4.69) is 15.3 Å². The van der Waals surface area contributed by atoms with E-state index >= 15 is 0 Å². The first-order chi connectivity index (χ1) is 11.6. The van der Waals surface area contributed by atoms with Crippen molar-refractivity contribution in [1.82, 2.24) is 15.3 Å². The van der Waals surface area contributed by atoms with Gasteiger partial charge in [-0.2, -0.15) is 0 Å². The number of hydrogen-bond acceptors (Lipinski definition) is 5. The number of benzene rings is 1. The van der Waals surface area contributed by atoms with Crippen molar-refractivity contribution in [3.05, 3.63) is 51.3 Å². The predicted octanol–water partition coefficient (Wildman–Crippen LogP) is 3.64. The minimum absolute atomic E-state index is 0.226. The molecule has 0 spiro atoms. The maximum Gasteiger partial charge on any atom is 0.275 e. The number of hydrogen-bond donors (Lipinski definition) is 1. The lowest BCUT2D eigenvalue weighted by Gasteiger charge is -2.11. The molecule has 0 unspecified atom stereocenters. The molecular weight excluding hydrogens is 322 g/mol. The molecule has 5 nitrogen and oxygen atoms in total. The molecule has 3 aromatic rings. The lowest BCUT2D eigenvalue weighted by Crippen LogP contribution is -2.24. The van der Waals surface area contributed by atoms with Crippen LogP contribution in [0.1, 0.15) is 33.4 Å². The minimum atomic E-state index is -0.278. The molecule has 1 N–H and O–H groups in total. The molecule has 2 heterocycles. The van der Waals surface area contributed by atoms with Crippen LogP contribution in [0.4, 0.5) is 0 Å². The van der Waals surface area contributed by atoms with Crippen LogP contribution < -0.4 is 10.1 Å². The van der Waals surface area contributed by atoms with Crippen molar-refractivity contribution < 1.29 is 9.53 Å². The summed E-state index contributed by atoms with van der Waals surface area (Å²) in [6.45, 7) is 6.80. The first-order valence-corrected chi connectivity index (χ1v) is 8.69. The number of nitrogens with zero attached hydrogens (tertiary/aromatic N) is 2. The van der Waals surface area contributed by atoms with Gasteiger partial charge >= 0.3 is 0 Å². The van der Waals surface area contributed by atoms with E-state index in [4.69, 9.17) is 4.74 Å². The number of rotatable bonds is 5. The average molecular weight is 341 g/mol. The summed E-state index contributed by atoms with van der Waals surface area (Å²) in [7, 11) is 0. The number of carbonyl (C=O) groups is 1. The molecule has 0 atom stereocenters. The summed E-state index contributed by atoms with van der Waals surface area (Å²) in [6, 6.07) is 7.85. The van der Waals surface area contributed by atoms with Crippen molar-refractivity contribution in [2.24, 2.45) is 0 Å². The quantitative estimate of drug-likeness (QED) is 0.769. The molecule has 0 bridgehead atoms.